The van der Waals surface area contributed by atoms with Crippen LogP contribution >= 0.6 is 11.6 Å². The fourth-order valence-electron chi connectivity index (χ4n) is 1.41. The average Bonchev–Trinajstić information content (AvgIpc) is 2.42. The monoisotopic (exact) mass is 297 g/mol. The minimum Gasteiger partial charge on any atom is -0.489 e. The Labute approximate surface area is 122 Å². The molecule has 0 saturated heterocycles. The summed E-state index contributed by atoms with van der Waals surface area (Å²) in [6.07, 6.45) is 2.28. The molecule has 0 aliphatic carbocycles. The molecule has 0 fully saturated rings. The van der Waals surface area contributed by atoms with E-state index in [0.717, 1.165) is 0 Å². The van der Waals surface area contributed by atoms with Crippen LogP contribution in [0.3, 0.4) is 0 Å². The number of hydrogen-bond donors (Lipinski definition) is 2. The number of amides is 1. The maximum absolute atomic E-state index is 11.5. The Kier molecular flexibility index (Phi) is 6.59. The molecule has 0 radical (unpaired) electrons. The molecule has 20 heavy (non-hydrogen) atoms. The Morgan fingerprint density at radius 1 is 1.45 bits per heavy atom. The molecule has 0 aromatic heterocycles. The number of aliphatic carboxylic acids is 1. The number of carboxylic acid groups (broad SMARTS) is 1. The molecule has 1 aromatic rings. The maximum atomic E-state index is 11.5. The second-order valence-electron chi connectivity index (χ2n) is 4.03. The van der Waals surface area contributed by atoms with Crippen molar-refractivity contribution in [3.63, 3.8) is 0 Å². The first kappa shape index (κ1) is 16.0. The van der Waals surface area contributed by atoms with Gasteiger partial charge in [-0.1, -0.05) is 29.8 Å². The summed E-state index contributed by atoms with van der Waals surface area (Å²) in [5.74, 6) is -1.15. The van der Waals surface area contributed by atoms with Crippen molar-refractivity contribution in [1.82, 2.24) is 5.32 Å². The maximum Gasteiger partial charge on any atom is 0.329 e. The van der Waals surface area contributed by atoms with Gasteiger partial charge in [0.1, 0.15) is 12.4 Å². The first-order valence-corrected chi connectivity index (χ1v) is 6.42. The number of hydrogen-bond acceptors (Lipinski definition) is 3. The summed E-state index contributed by atoms with van der Waals surface area (Å²) in [5, 5.41) is 11.8. The molecular formula is C14H16ClNO4. The molecular weight excluding hydrogens is 282 g/mol. The van der Waals surface area contributed by atoms with Crippen LogP contribution < -0.4 is 10.1 Å². The van der Waals surface area contributed by atoms with E-state index in [1.807, 2.05) is 0 Å². The average molecular weight is 298 g/mol. The van der Waals surface area contributed by atoms with E-state index in [4.69, 9.17) is 21.4 Å². The van der Waals surface area contributed by atoms with Crippen LogP contribution in [0.5, 0.6) is 5.75 Å². The van der Waals surface area contributed by atoms with Crippen LogP contribution in [0.25, 0.3) is 0 Å². The number of halogens is 1. The van der Waals surface area contributed by atoms with Gasteiger partial charge in [-0.3, -0.25) is 4.79 Å². The molecule has 0 spiro atoms. The van der Waals surface area contributed by atoms with Crippen LogP contribution in [0, 0.1) is 0 Å². The van der Waals surface area contributed by atoms with Crippen molar-refractivity contribution in [3.8, 4) is 5.75 Å². The molecule has 1 aromatic carbocycles. The predicted octanol–water partition coefficient (Wildman–Crippen LogP) is 2.25. The third-order valence-electron chi connectivity index (χ3n) is 2.45. The Balaban J connectivity index is 2.55. The second kappa shape index (κ2) is 8.22. The third-order valence-corrected chi connectivity index (χ3v) is 2.76. The fraction of sp³-hybridized carbons (Fsp3) is 0.286. The fourth-order valence-corrected chi connectivity index (χ4v) is 1.60. The van der Waals surface area contributed by atoms with Crippen LogP contribution in [-0.2, 0) is 9.59 Å². The third kappa shape index (κ3) is 5.32. The summed E-state index contributed by atoms with van der Waals surface area (Å²) in [6, 6.07) is 5.60. The van der Waals surface area contributed by atoms with Gasteiger partial charge < -0.3 is 15.2 Å². The zero-order valence-corrected chi connectivity index (χ0v) is 11.6. The molecule has 2 N–H and O–H groups in total. The lowest BCUT2D eigenvalue weighted by Crippen LogP contribution is -2.44. The zero-order chi connectivity index (χ0) is 15.0. The van der Waals surface area contributed by atoms with Gasteiger partial charge in [0.2, 0.25) is 5.91 Å². The number of carbonyl (C=O) groups excluding carboxylic acids is 1. The minimum atomic E-state index is -1.16. The topological polar surface area (TPSA) is 75.6 Å². The number of allylic oxidation sites excluding steroid dienone is 1. The molecule has 0 aliphatic heterocycles. The minimum absolute atomic E-state index is 0.194. The van der Waals surface area contributed by atoms with Crippen molar-refractivity contribution in [1.29, 1.82) is 0 Å². The largest absolute Gasteiger partial charge is 0.489 e. The van der Waals surface area contributed by atoms with Crippen molar-refractivity contribution >= 4 is 23.5 Å². The van der Waals surface area contributed by atoms with Crippen molar-refractivity contribution in [2.45, 2.75) is 18.9 Å². The first-order valence-electron chi connectivity index (χ1n) is 6.05. The van der Waals surface area contributed by atoms with E-state index in [2.05, 4.69) is 11.9 Å². The van der Waals surface area contributed by atoms with Gasteiger partial charge in [-0.15, -0.1) is 6.58 Å². The highest BCUT2D eigenvalue weighted by molar-refractivity contribution is 6.32. The van der Waals surface area contributed by atoms with E-state index in [1.165, 1.54) is 0 Å². The van der Waals surface area contributed by atoms with Crippen molar-refractivity contribution in [2.75, 3.05) is 6.61 Å². The smallest absolute Gasteiger partial charge is 0.329 e. The highest BCUT2D eigenvalue weighted by Gasteiger charge is 2.20. The van der Waals surface area contributed by atoms with Gasteiger partial charge in [0.15, 0.2) is 6.04 Å². The number of para-hydroxylation sites is 1. The molecule has 0 unspecified atom stereocenters. The molecule has 0 heterocycles. The summed E-state index contributed by atoms with van der Waals surface area (Å²) < 4.78 is 5.32. The lowest BCUT2D eigenvalue weighted by molar-refractivity contribution is -0.142. The van der Waals surface area contributed by atoms with Crippen molar-refractivity contribution in [2.24, 2.45) is 0 Å². The molecule has 1 amide bonds. The number of benzene rings is 1. The van der Waals surface area contributed by atoms with Crippen LogP contribution in [0.2, 0.25) is 5.02 Å². The molecule has 0 aliphatic rings. The number of ether oxygens (including phenoxy) is 1. The van der Waals surface area contributed by atoms with Gasteiger partial charge in [0.25, 0.3) is 0 Å². The Bertz CT molecular complexity index is 490. The number of rotatable bonds is 8. The van der Waals surface area contributed by atoms with Gasteiger partial charge in [-0.2, -0.15) is 0 Å². The highest BCUT2D eigenvalue weighted by atomic mass is 35.5. The lowest BCUT2D eigenvalue weighted by atomic mass is 10.2. The summed E-state index contributed by atoms with van der Waals surface area (Å²) in [6.45, 7) is 3.30. The van der Waals surface area contributed by atoms with E-state index in [0.29, 0.717) is 17.2 Å². The van der Waals surface area contributed by atoms with Gasteiger partial charge in [-0.05, 0) is 18.6 Å². The van der Waals surface area contributed by atoms with Gasteiger partial charge in [0, 0.05) is 6.42 Å². The van der Waals surface area contributed by atoms with Crippen LogP contribution in [0.1, 0.15) is 12.8 Å². The zero-order valence-electron chi connectivity index (χ0n) is 10.8. The summed E-state index contributed by atoms with van der Waals surface area (Å²) in [4.78, 5) is 22.6. The molecule has 1 atom stereocenters. The molecule has 1 rings (SSSR count). The Morgan fingerprint density at radius 3 is 2.75 bits per heavy atom. The van der Waals surface area contributed by atoms with E-state index in [-0.39, 0.29) is 18.9 Å². The van der Waals surface area contributed by atoms with Crippen LogP contribution in [0.4, 0.5) is 0 Å². The highest BCUT2D eigenvalue weighted by Crippen LogP contribution is 2.23. The summed E-state index contributed by atoms with van der Waals surface area (Å²) >= 11 is 5.89. The number of nitrogens with one attached hydrogen (secondary N) is 1. The van der Waals surface area contributed by atoms with E-state index < -0.39 is 12.0 Å². The van der Waals surface area contributed by atoms with Crippen molar-refractivity contribution in [3.05, 3.63) is 41.9 Å². The van der Waals surface area contributed by atoms with E-state index >= 15 is 0 Å². The molecule has 0 bridgehead atoms. The second-order valence-corrected chi connectivity index (χ2v) is 4.43. The quantitative estimate of drug-likeness (QED) is 0.722. The normalized spacial score (nSPS) is 11.4. The molecule has 5 nitrogen and oxygen atoms in total. The van der Waals surface area contributed by atoms with Crippen molar-refractivity contribution < 1.29 is 19.4 Å². The number of carbonyl (C=O) groups is 2. The molecule has 0 saturated carbocycles. The van der Waals surface area contributed by atoms with Crippen LogP contribution in [0.15, 0.2) is 36.9 Å². The van der Waals surface area contributed by atoms with Crippen LogP contribution in [-0.4, -0.2) is 29.6 Å². The molecule has 6 heteroatoms. The van der Waals surface area contributed by atoms with Gasteiger partial charge >= 0.3 is 5.97 Å². The van der Waals surface area contributed by atoms with Gasteiger partial charge in [-0.25, -0.2) is 4.79 Å². The SMILES string of the molecule is C=CCCC(=O)N[C@@H](COc1ccccc1Cl)C(=O)O. The van der Waals surface area contributed by atoms with E-state index in [9.17, 15) is 9.59 Å². The number of carboxylic acids is 1. The Hall–Kier alpha value is -2.01. The van der Waals surface area contributed by atoms with Gasteiger partial charge in [0.05, 0.1) is 5.02 Å². The lowest BCUT2D eigenvalue weighted by Gasteiger charge is -2.15. The standard InChI is InChI=1S/C14H16ClNO4/c1-2-3-8-13(17)16-11(14(18)19)9-20-12-7-5-4-6-10(12)15/h2,4-7,11H,1,3,8-9H2,(H,16,17)(H,18,19)/t11-/m0/s1. The first-order chi connectivity index (χ1) is 9.54. The Morgan fingerprint density at radius 2 is 2.15 bits per heavy atom. The summed E-state index contributed by atoms with van der Waals surface area (Å²) in [7, 11) is 0. The van der Waals surface area contributed by atoms with E-state index in [1.54, 1.807) is 30.3 Å². The molecule has 108 valence electrons. The predicted molar refractivity (Wildman–Crippen MR) is 75.9 cm³/mol. The summed E-state index contributed by atoms with van der Waals surface area (Å²) in [5.41, 5.74) is 0.